The minimum absolute atomic E-state index is 0.478. The molecule has 0 amide bonds. The van der Waals surface area contributed by atoms with E-state index < -0.39 is 6.17 Å². The number of hydrogen-bond donors (Lipinski definition) is 1. The van der Waals surface area contributed by atoms with Crippen molar-refractivity contribution < 1.29 is 4.42 Å². The van der Waals surface area contributed by atoms with Crippen LogP contribution in [0.25, 0.3) is 55.0 Å². The number of hydrogen-bond acceptors (Lipinski definition) is 5. The smallest absolute Gasteiger partial charge is 0.159 e. The van der Waals surface area contributed by atoms with Crippen molar-refractivity contribution in [2.24, 2.45) is 9.98 Å². The standard InChI is InChI=1S/C55H38N4O/c1-5-15-37(16-6-1)38-25-30-45(31-26-38)59(44-22-11-4-12-23-44)46-32-27-39(28-33-46)43-35-49-48-34-29-40-17-13-14-24-47(40)51(48)60-52(49)50(36-43)55-57-53(41-18-7-2-8-19-41)56-54(58-55)42-20-9-3-10-21-42/h1-36,55H,(H,56,57,58). The molecule has 1 aromatic heterocycles. The molecule has 1 unspecified atom stereocenters. The van der Waals surface area contributed by atoms with Gasteiger partial charge in [-0.05, 0) is 82.2 Å². The van der Waals surface area contributed by atoms with Crippen molar-refractivity contribution in [3.05, 3.63) is 235 Å². The topological polar surface area (TPSA) is 53.1 Å². The van der Waals surface area contributed by atoms with Crippen LogP contribution < -0.4 is 10.2 Å². The summed E-state index contributed by atoms with van der Waals surface area (Å²) in [6.45, 7) is 0. The number of aliphatic imine (C=N–C) groups is 2. The average molecular weight is 771 g/mol. The number of para-hydroxylation sites is 1. The number of nitrogens with one attached hydrogen (secondary N) is 1. The number of rotatable bonds is 8. The molecule has 5 heteroatoms. The van der Waals surface area contributed by atoms with Crippen LogP contribution in [0.15, 0.2) is 233 Å². The third kappa shape index (κ3) is 6.48. The van der Waals surface area contributed by atoms with Gasteiger partial charge < -0.3 is 14.6 Å². The van der Waals surface area contributed by atoms with Gasteiger partial charge in [-0.1, -0.05) is 164 Å². The Kier molecular flexibility index (Phi) is 8.82. The van der Waals surface area contributed by atoms with Gasteiger partial charge in [0.2, 0.25) is 0 Å². The van der Waals surface area contributed by atoms with Crippen LogP contribution in [0.4, 0.5) is 17.1 Å². The molecule has 60 heavy (non-hydrogen) atoms. The van der Waals surface area contributed by atoms with Gasteiger partial charge in [-0.2, -0.15) is 0 Å². The summed E-state index contributed by atoms with van der Waals surface area (Å²) in [6, 6.07) is 76.4. The first-order valence-corrected chi connectivity index (χ1v) is 20.3. The predicted molar refractivity (Wildman–Crippen MR) is 249 cm³/mol. The lowest BCUT2D eigenvalue weighted by atomic mass is 9.96. The van der Waals surface area contributed by atoms with E-state index in [1.165, 1.54) is 11.1 Å². The van der Waals surface area contributed by atoms with Gasteiger partial charge in [-0.15, -0.1) is 0 Å². The molecule has 5 nitrogen and oxygen atoms in total. The zero-order valence-electron chi connectivity index (χ0n) is 32.6. The maximum absolute atomic E-state index is 6.95. The Bertz CT molecular complexity index is 3190. The highest BCUT2D eigenvalue weighted by molar-refractivity contribution is 6.17. The van der Waals surface area contributed by atoms with Crippen LogP contribution in [0.2, 0.25) is 0 Å². The minimum atomic E-state index is -0.478. The van der Waals surface area contributed by atoms with Crippen molar-refractivity contribution in [1.82, 2.24) is 5.32 Å². The molecule has 0 fully saturated rings. The molecule has 1 atom stereocenters. The second-order valence-electron chi connectivity index (χ2n) is 15.0. The Labute approximate surface area is 348 Å². The van der Waals surface area contributed by atoms with Crippen molar-refractivity contribution >= 4 is 61.4 Å². The number of amidine groups is 2. The highest BCUT2D eigenvalue weighted by Crippen LogP contribution is 2.42. The molecule has 9 aromatic carbocycles. The van der Waals surface area contributed by atoms with Gasteiger partial charge in [0.05, 0.1) is 0 Å². The Morgan fingerprint density at radius 2 is 0.933 bits per heavy atom. The molecule has 0 radical (unpaired) electrons. The molecular formula is C55H38N4O. The summed E-state index contributed by atoms with van der Waals surface area (Å²) >= 11 is 0. The molecule has 1 aliphatic rings. The van der Waals surface area contributed by atoms with Crippen molar-refractivity contribution in [2.75, 3.05) is 4.90 Å². The van der Waals surface area contributed by atoms with Crippen LogP contribution in [0.3, 0.4) is 0 Å². The summed E-state index contributed by atoms with van der Waals surface area (Å²) < 4.78 is 6.95. The van der Waals surface area contributed by atoms with E-state index in [9.17, 15) is 0 Å². The van der Waals surface area contributed by atoms with Gasteiger partial charge in [0.15, 0.2) is 12.0 Å². The molecule has 0 saturated carbocycles. The van der Waals surface area contributed by atoms with Crippen LogP contribution in [-0.2, 0) is 0 Å². The van der Waals surface area contributed by atoms with Crippen molar-refractivity contribution in [3.8, 4) is 22.3 Å². The number of furan rings is 1. The van der Waals surface area contributed by atoms with Gasteiger partial charge in [0, 0.05) is 49.9 Å². The van der Waals surface area contributed by atoms with Gasteiger partial charge in [0.1, 0.15) is 17.0 Å². The fourth-order valence-corrected chi connectivity index (χ4v) is 8.33. The number of benzene rings is 9. The van der Waals surface area contributed by atoms with Gasteiger partial charge in [-0.3, -0.25) is 0 Å². The fourth-order valence-electron chi connectivity index (χ4n) is 8.33. The van der Waals surface area contributed by atoms with E-state index >= 15 is 0 Å². The minimum Gasteiger partial charge on any atom is -0.455 e. The highest BCUT2D eigenvalue weighted by atomic mass is 16.3. The van der Waals surface area contributed by atoms with Crippen LogP contribution in [-0.4, -0.2) is 11.7 Å². The van der Waals surface area contributed by atoms with E-state index in [2.05, 4.69) is 192 Å². The molecular weight excluding hydrogens is 733 g/mol. The molecule has 11 rings (SSSR count). The second-order valence-corrected chi connectivity index (χ2v) is 15.0. The maximum atomic E-state index is 6.95. The lowest BCUT2D eigenvalue weighted by Gasteiger charge is -2.26. The zero-order valence-corrected chi connectivity index (χ0v) is 32.6. The summed E-state index contributed by atoms with van der Waals surface area (Å²) in [7, 11) is 0. The van der Waals surface area contributed by atoms with E-state index in [1.54, 1.807) is 0 Å². The third-order valence-corrected chi connectivity index (χ3v) is 11.3. The summed E-state index contributed by atoms with van der Waals surface area (Å²) in [6.07, 6.45) is -0.478. The molecule has 1 aliphatic heterocycles. The lowest BCUT2D eigenvalue weighted by molar-refractivity contribution is 0.630. The summed E-state index contributed by atoms with van der Waals surface area (Å²) in [5.41, 5.74) is 12.3. The SMILES string of the molecule is c1ccc(C2=NC(c3cc(-c4ccc(N(c5ccccc5)c5ccc(-c6ccccc6)cc5)cc4)cc4c3oc3c5ccccc5ccc43)NC(c3ccccc3)=N2)cc1. The Hall–Kier alpha value is -8.02. The Morgan fingerprint density at radius 3 is 1.60 bits per heavy atom. The quantitative estimate of drug-likeness (QED) is 0.167. The monoisotopic (exact) mass is 770 g/mol. The Balaban J connectivity index is 1.05. The number of anilines is 3. The van der Waals surface area contributed by atoms with Gasteiger partial charge >= 0.3 is 0 Å². The number of nitrogens with zero attached hydrogens (tertiary/aromatic N) is 3. The molecule has 284 valence electrons. The van der Waals surface area contributed by atoms with Crippen LogP contribution >= 0.6 is 0 Å². The van der Waals surface area contributed by atoms with E-state index in [0.717, 1.165) is 83.4 Å². The predicted octanol–water partition coefficient (Wildman–Crippen LogP) is 14.0. The lowest BCUT2D eigenvalue weighted by Crippen LogP contribution is -2.33. The normalized spacial score (nSPS) is 13.8. The molecule has 10 aromatic rings. The van der Waals surface area contributed by atoms with Crippen molar-refractivity contribution in [3.63, 3.8) is 0 Å². The maximum Gasteiger partial charge on any atom is 0.159 e. The Morgan fingerprint density at radius 1 is 0.400 bits per heavy atom. The molecule has 0 aliphatic carbocycles. The van der Waals surface area contributed by atoms with E-state index in [1.807, 2.05) is 36.4 Å². The highest BCUT2D eigenvalue weighted by Gasteiger charge is 2.26. The second kappa shape index (κ2) is 15.1. The first kappa shape index (κ1) is 35.2. The molecule has 0 bridgehead atoms. The molecule has 2 heterocycles. The largest absolute Gasteiger partial charge is 0.455 e. The van der Waals surface area contributed by atoms with E-state index in [-0.39, 0.29) is 0 Å². The average Bonchev–Trinajstić information content (AvgIpc) is 3.72. The van der Waals surface area contributed by atoms with Crippen LogP contribution in [0.1, 0.15) is 22.9 Å². The van der Waals surface area contributed by atoms with Gasteiger partial charge in [-0.25, -0.2) is 9.98 Å². The summed E-state index contributed by atoms with van der Waals surface area (Å²) in [5.74, 6) is 1.43. The summed E-state index contributed by atoms with van der Waals surface area (Å²) in [4.78, 5) is 12.7. The summed E-state index contributed by atoms with van der Waals surface area (Å²) in [5, 5.41) is 8.03. The third-order valence-electron chi connectivity index (χ3n) is 11.3. The van der Waals surface area contributed by atoms with Crippen LogP contribution in [0.5, 0.6) is 0 Å². The van der Waals surface area contributed by atoms with Gasteiger partial charge in [0.25, 0.3) is 0 Å². The van der Waals surface area contributed by atoms with Crippen LogP contribution in [0, 0.1) is 0 Å². The first-order chi connectivity index (χ1) is 29.7. The van der Waals surface area contributed by atoms with Crippen molar-refractivity contribution in [1.29, 1.82) is 0 Å². The molecule has 0 spiro atoms. The fraction of sp³-hybridized carbons (Fsp3) is 0.0182. The van der Waals surface area contributed by atoms with E-state index in [0.29, 0.717) is 5.84 Å². The first-order valence-electron chi connectivity index (χ1n) is 20.3. The zero-order chi connectivity index (χ0) is 39.8. The van der Waals surface area contributed by atoms with Crippen molar-refractivity contribution in [2.45, 2.75) is 6.17 Å². The molecule has 1 N–H and O–H groups in total. The van der Waals surface area contributed by atoms with E-state index in [4.69, 9.17) is 14.4 Å². The molecule has 0 saturated heterocycles. The number of fused-ring (bicyclic) bond motifs is 5.